The fourth-order valence-electron chi connectivity index (χ4n) is 1.77. The van der Waals surface area contributed by atoms with Crippen molar-refractivity contribution in [3.63, 3.8) is 0 Å². The molecule has 4 N–H and O–H groups in total. The number of carbonyl (C=O) groups is 1. The minimum Gasteiger partial charge on any atom is -0.465 e. The summed E-state index contributed by atoms with van der Waals surface area (Å²) in [5, 5.41) is 10.9. The Labute approximate surface area is 83.6 Å². The van der Waals surface area contributed by atoms with Crippen LogP contribution in [0.2, 0.25) is 0 Å². The minimum atomic E-state index is -1.02. The van der Waals surface area contributed by atoms with Gasteiger partial charge in [0.05, 0.1) is 6.61 Å². The SMILES string of the molecule is CC(NC(=O)O)C(N)[C@H]1CCCOC1. The number of hydrogen-bond donors (Lipinski definition) is 3. The van der Waals surface area contributed by atoms with Gasteiger partial charge in [-0.25, -0.2) is 4.79 Å². The summed E-state index contributed by atoms with van der Waals surface area (Å²) >= 11 is 0. The van der Waals surface area contributed by atoms with E-state index in [1.54, 1.807) is 6.92 Å². The molecule has 1 rings (SSSR count). The lowest BCUT2D eigenvalue weighted by Gasteiger charge is -2.31. The lowest BCUT2D eigenvalue weighted by molar-refractivity contribution is 0.0404. The summed E-state index contributed by atoms with van der Waals surface area (Å²) < 4.78 is 5.30. The van der Waals surface area contributed by atoms with E-state index in [4.69, 9.17) is 15.6 Å². The van der Waals surface area contributed by atoms with Crippen LogP contribution >= 0.6 is 0 Å². The molecule has 1 aliphatic heterocycles. The normalized spacial score (nSPS) is 26.6. The third kappa shape index (κ3) is 3.16. The first-order valence-corrected chi connectivity index (χ1v) is 4.94. The van der Waals surface area contributed by atoms with Gasteiger partial charge in [0.25, 0.3) is 0 Å². The number of rotatable bonds is 3. The summed E-state index contributed by atoms with van der Waals surface area (Å²) in [6, 6.07) is -0.384. The lowest BCUT2D eigenvalue weighted by atomic mass is 9.90. The van der Waals surface area contributed by atoms with Crippen LogP contribution in [-0.4, -0.2) is 36.5 Å². The number of ether oxygens (including phenoxy) is 1. The maximum atomic E-state index is 10.4. The Kier molecular flexibility index (Phi) is 4.16. The zero-order chi connectivity index (χ0) is 10.6. The molecule has 0 aromatic carbocycles. The molecule has 1 fully saturated rings. The molecule has 5 nitrogen and oxygen atoms in total. The van der Waals surface area contributed by atoms with Crippen LogP contribution in [0, 0.1) is 5.92 Å². The van der Waals surface area contributed by atoms with Gasteiger partial charge in [-0.15, -0.1) is 0 Å². The predicted octanol–water partition coefficient (Wildman–Crippen LogP) is 0.396. The predicted molar refractivity (Wildman–Crippen MR) is 52.1 cm³/mol. The third-order valence-corrected chi connectivity index (χ3v) is 2.67. The van der Waals surface area contributed by atoms with Crippen molar-refractivity contribution in [1.82, 2.24) is 5.32 Å². The fraction of sp³-hybridized carbons (Fsp3) is 0.889. The molecule has 0 aliphatic carbocycles. The highest BCUT2D eigenvalue weighted by atomic mass is 16.5. The van der Waals surface area contributed by atoms with Gasteiger partial charge >= 0.3 is 6.09 Å². The number of hydrogen-bond acceptors (Lipinski definition) is 3. The number of nitrogens with two attached hydrogens (primary N) is 1. The Hall–Kier alpha value is -0.810. The van der Waals surface area contributed by atoms with E-state index in [0.29, 0.717) is 6.61 Å². The summed E-state index contributed by atoms with van der Waals surface area (Å²) in [5.74, 6) is 0.269. The molecule has 14 heavy (non-hydrogen) atoms. The molecule has 0 spiro atoms. The highest BCUT2D eigenvalue weighted by molar-refractivity contribution is 5.64. The molecule has 0 saturated carbocycles. The zero-order valence-corrected chi connectivity index (χ0v) is 8.40. The van der Waals surface area contributed by atoms with Crippen molar-refractivity contribution in [1.29, 1.82) is 0 Å². The largest absolute Gasteiger partial charge is 0.465 e. The van der Waals surface area contributed by atoms with Crippen molar-refractivity contribution in [2.45, 2.75) is 31.8 Å². The van der Waals surface area contributed by atoms with Crippen LogP contribution in [0.15, 0.2) is 0 Å². The molecule has 1 saturated heterocycles. The standard InChI is InChI=1S/C9H18N2O3/c1-6(11-9(12)13)8(10)7-3-2-4-14-5-7/h6-8,11H,2-5,10H2,1H3,(H,12,13)/t6?,7-,8?/m0/s1. The van der Waals surface area contributed by atoms with Crippen molar-refractivity contribution >= 4 is 6.09 Å². The highest BCUT2D eigenvalue weighted by Crippen LogP contribution is 2.17. The Bertz CT molecular complexity index is 192. The van der Waals surface area contributed by atoms with Gasteiger partial charge in [-0.05, 0) is 25.7 Å². The maximum absolute atomic E-state index is 10.4. The maximum Gasteiger partial charge on any atom is 0.404 e. The molecule has 1 amide bonds. The van der Waals surface area contributed by atoms with Gasteiger partial charge in [-0.1, -0.05) is 0 Å². The smallest absolute Gasteiger partial charge is 0.404 e. The van der Waals surface area contributed by atoms with E-state index in [1.165, 1.54) is 0 Å². The fourth-order valence-corrected chi connectivity index (χ4v) is 1.77. The quantitative estimate of drug-likeness (QED) is 0.618. The van der Waals surface area contributed by atoms with E-state index in [-0.39, 0.29) is 18.0 Å². The summed E-state index contributed by atoms with van der Waals surface area (Å²) in [7, 11) is 0. The lowest BCUT2D eigenvalue weighted by Crippen LogP contribution is -2.51. The molecule has 1 aliphatic rings. The van der Waals surface area contributed by atoms with Crippen LogP contribution in [0.4, 0.5) is 4.79 Å². The van der Waals surface area contributed by atoms with Crippen LogP contribution in [0.25, 0.3) is 0 Å². The molecule has 0 aromatic heterocycles. The third-order valence-electron chi connectivity index (χ3n) is 2.67. The van der Waals surface area contributed by atoms with Crippen molar-refractivity contribution in [2.24, 2.45) is 11.7 Å². The van der Waals surface area contributed by atoms with Crippen molar-refractivity contribution in [3.05, 3.63) is 0 Å². The van der Waals surface area contributed by atoms with Crippen LogP contribution in [0.1, 0.15) is 19.8 Å². The molecular formula is C9H18N2O3. The van der Waals surface area contributed by atoms with Gasteiger partial charge in [0.1, 0.15) is 0 Å². The second-order valence-electron chi connectivity index (χ2n) is 3.79. The molecule has 5 heteroatoms. The Morgan fingerprint density at radius 2 is 2.43 bits per heavy atom. The zero-order valence-electron chi connectivity index (χ0n) is 8.40. The number of carboxylic acid groups (broad SMARTS) is 1. The molecule has 0 aromatic rings. The Balaban J connectivity index is 2.37. The van der Waals surface area contributed by atoms with Gasteiger partial charge in [0, 0.05) is 18.7 Å². The van der Waals surface area contributed by atoms with Crippen LogP contribution in [-0.2, 0) is 4.74 Å². The molecule has 0 radical (unpaired) electrons. The van der Waals surface area contributed by atoms with E-state index in [1.807, 2.05) is 0 Å². The van der Waals surface area contributed by atoms with E-state index >= 15 is 0 Å². The van der Waals surface area contributed by atoms with Crippen LogP contribution in [0.3, 0.4) is 0 Å². The molecular weight excluding hydrogens is 184 g/mol. The number of amides is 1. The number of nitrogens with one attached hydrogen (secondary N) is 1. The van der Waals surface area contributed by atoms with Gasteiger partial charge in [0.15, 0.2) is 0 Å². The van der Waals surface area contributed by atoms with Gasteiger partial charge in [-0.2, -0.15) is 0 Å². The van der Waals surface area contributed by atoms with Crippen molar-refractivity contribution in [2.75, 3.05) is 13.2 Å². The van der Waals surface area contributed by atoms with E-state index in [9.17, 15) is 4.79 Å². The minimum absolute atomic E-state index is 0.161. The summed E-state index contributed by atoms with van der Waals surface area (Å²) in [6.07, 6.45) is 1.01. The van der Waals surface area contributed by atoms with E-state index < -0.39 is 6.09 Å². The molecule has 3 atom stereocenters. The van der Waals surface area contributed by atoms with Crippen molar-refractivity contribution in [3.8, 4) is 0 Å². The topological polar surface area (TPSA) is 84.6 Å². The molecule has 2 unspecified atom stereocenters. The molecule has 0 bridgehead atoms. The summed E-state index contributed by atoms with van der Waals surface area (Å²) in [6.45, 7) is 3.23. The van der Waals surface area contributed by atoms with E-state index in [2.05, 4.69) is 5.32 Å². The van der Waals surface area contributed by atoms with Gasteiger partial charge < -0.3 is 20.9 Å². The van der Waals surface area contributed by atoms with Crippen molar-refractivity contribution < 1.29 is 14.6 Å². The van der Waals surface area contributed by atoms with E-state index in [0.717, 1.165) is 19.4 Å². The average Bonchev–Trinajstić information content (AvgIpc) is 2.17. The highest BCUT2D eigenvalue weighted by Gasteiger charge is 2.26. The first-order chi connectivity index (χ1) is 6.61. The average molecular weight is 202 g/mol. The first-order valence-electron chi connectivity index (χ1n) is 4.94. The van der Waals surface area contributed by atoms with Crippen LogP contribution in [0.5, 0.6) is 0 Å². The Morgan fingerprint density at radius 1 is 1.71 bits per heavy atom. The second kappa shape index (κ2) is 5.17. The molecule has 82 valence electrons. The van der Waals surface area contributed by atoms with Gasteiger partial charge in [0.2, 0.25) is 0 Å². The summed E-state index contributed by atoms with van der Waals surface area (Å²) in [5.41, 5.74) is 5.93. The molecule has 1 heterocycles. The first kappa shape index (κ1) is 11.3. The van der Waals surface area contributed by atoms with Crippen LogP contribution < -0.4 is 11.1 Å². The second-order valence-corrected chi connectivity index (χ2v) is 3.79. The van der Waals surface area contributed by atoms with Gasteiger partial charge in [-0.3, -0.25) is 0 Å². The monoisotopic (exact) mass is 202 g/mol. The Morgan fingerprint density at radius 3 is 2.93 bits per heavy atom. The summed E-state index contributed by atoms with van der Waals surface area (Å²) in [4.78, 5) is 10.4.